The fraction of sp³-hybridized carbons (Fsp3) is 0.949. The third-order valence-corrected chi connectivity index (χ3v) is 13.8. The van der Waals surface area contributed by atoms with Crippen molar-refractivity contribution in [1.29, 1.82) is 0 Å². The molecule has 0 aliphatic rings. The Labute approximate surface area is 406 Å². The Morgan fingerprint density at radius 1 is 0.308 bits per heavy atom. The smallest absolute Gasteiger partial charge is 0.306 e. The van der Waals surface area contributed by atoms with Crippen LogP contribution in [0.5, 0.6) is 0 Å². The quantitative estimate of drug-likeness (QED) is 0.0344. The lowest BCUT2D eigenvalue weighted by Crippen LogP contribution is -2.30. The maximum atomic E-state index is 12.9. The van der Waals surface area contributed by atoms with Gasteiger partial charge in [-0.3, -0.25) is 14.4 Å². The van der Waals surface area contributed by atoms with Crippen molar-refractivity contribution in [2.75, 3.05) is 13.2 Å². The molecule has 1 unspecified atom stereocenters. The van der Waals surface area contributed by atoms with Crippen LogP contribution < -0.4 is 0 Å². The molecule has 0 heterocycles. The minimum atomic E-state index is -0.764. The van der Waals surface area contributed by atoms with E-state index < -0.39 is 6.10 Å². The van der Waals surface area contributed by atoms with E-state index in [1.54, 1.807) is 0 Å². The van der Waals surface area contributed by atoms with E-state index in [4.69, 9.17) is 14.2 Å². The molecule has 0 radical (unpaired) electrons. The van der Waals surface area contributed by atoms with Crippen molar-refractivity contribution in [2.24, 2.45) is 17.8 Å². The molecule has 0 N–H and O–H groups in total. The summed E-state index contributed by atoms with van der Waals surface area (Å²) in [6.45, 7) is 13.8. The summed E-state index contributed by atoms with van der Waals surface area (Å²) in [7, 11) is 0. The molecule has 386 valence electrons. The van der Waals surface area contributed by atoms with Crippen molar-refractivity contribution in [3.63, 3.8) is 0 Å². The zero-order valence-electron chi connectivity index (χ0n) is 44.8. The first kappa shape index (κ1) is 63.4. The predicted molar refractivity (Wildman–Crippen MR) is 279 cm³/mol. The molecule has 0 saturated carbocycles. The lowest BCUT2D eigenvalue weighted by Gasteiger charge is -2.18. The highest BCUT2D eigenvalue weighted by Gasteiger charge is 2.19. The molecule has 0 spiro atoms. The van der Waals surface area contributed by atoms with E-state index in [1.807, 2.05) is 0 Å². The van der Waals surface area contributed by atoms with Crippen molar-refractivity contribution < 1.29 is 28.6 Å². The fourth-order valence-corrected chi connectivity index (χ4v) is 8.97. The Balaban J connectivity index is 4.31. The Morgan fingerprint density at radius 2 is 0.538 bits per heavy atom. The molecule has 0 aromatic carbocycles. The number of hydrogen-bond donors (Lipinski definition) is 0. The first-order chi connectivity index (χ1) is 31.6. The molecule has 6 heteroatoms. The van der Waals surface area contributed by atoms with Crippen molar-refractivity contribution in [3.8, 4) is 0 Å². The molecule has 65 heavy (non-hydrogen) atoms. The van der Waals surface area contributed by atoms with Crippen LogP contribution >= 0.6 is 0 Å². The topological polar surface area (TPSA) is 78.9 Å². The van der Waals surface area contributed by atoms with Crippen LogP contribution in [-0.4, -0.2) is 37.2 Å². The Morgan fingerprint density at radius 3 is 0.800 bits per heavy atom. The number of carbonyl (C=O) groups is 3. The Kier molecular flexibility index (Phi) is 49.1. The molecule has 0 aromatic rings. The average molecular weight is 920 g/mol. The summed E-state index contributed by atoms with van der Waals surface area (Å²) in [6.07, 6.45) is 52.3. The minimum Gasteiger partial charge on any atom is -0.462 e. The standard InChI is InChI=1S/C59H114O6/c1-7-55(6)47-41-35-29-23-17-10-8-9-11-19-26-32-38-44-50-59(62)65-56(52-64-58(61)49-43-37-31-25-20-14-16-22-28-34-40-46-54(4)5)51-63-57(60)48-42-36-30-24-18-13-12-15-21-27-33-39-45-53(2)3/h53-56H,7-52H2,1-6H3/t55?,56-/m0/s1. The molecule has 0 aliphatic heterocycles. The second-order valence-corrected chi connectivity index (χ2v) is 21.5. The largest absolute Gasteiger partial charge is 0.462 e. The predicted octanol–water partition coefficient (Wildman–Crippen LogP) is 19.1. The van der Waals surface area contributed by atoms with Gasteiger partial charge in [0.2, 0.25) is 0 Å². The van der Waals surface area contributed by atoms with Crippen LogP contribution in [-0.2, 0) is 28.6 Å². The minimum absolute atomic E-state index is 0.0636. The highest BCUT2D eigenvalue weighted by atomic mass is 16.6. The zero-order valence-corrected chi connectivity index (χ0v) is 44.8. The van der Waals surface area contributed by atoms with E-state index in [0.717, 1.165) is 75.5 Å². The summed E-state index contributed by atoms with van der Waals surface area (Å²) in [5.74, 6) is 1.71. The summed E-state index contributed by atoms with van der Waals surface area (Å²) in [4.78, 5) is 38.2. The molecule has 0 amide bonds. The molecule has 0 bridgehead atoms. The number of unbranched alkanes of at least 4 members (excludes halogenated alkanes) is 34. The van der Waals surface area contributed by atoms with Gasteiger partial charge in [-0.2, -0.15) is 0 Å². The van der Waals surface area contributed by atoms with Gasteiger partial charge in [0.15, 0.2) is 6.10 Å². The van der Waals surface area contributed by atoms with E-state index in [1.165, 1.54) is 205 Å². The molecule has 6 nitrogen and oxygen atoms in total. The van der Waals surface area contributed by atoms with Gasteiger partial charge in [-0.05, 0) is 37.0 Å². The normalized spacial score (nSPS) is 12.6. The molecule has 0 rings (SSSR count). The van der Waals surface area contributed by atoms with Gasteiger partial charge in [0.1, 0.15) is 13.2 Å². The van der Waals surface area contributed by atoms with Gasteiger partial charge in [-0.1, -0.05) is 286 Å². The zero-order chi connectivity index (χ0) is 47.7. The van der Waals surface area contributed by atoms with Gasteiger partial charge in [0.05, 0.1) is 0 Å². The van der Waals surface area contributed by atoms with Gasteiger partial charge in [-0.15, -0.1) is 0 Å². The number of carbonyl (C=O) groups excluding carboxylic acids is 3. The summed E-state index contributed by atoms with van der Waals surface area (Å²) >= 11 is 0. The van der Waals surface area contributed by atoms with Crippen molar-refractivity contribution in [1.82, 2.24) is 0 Å². The summed E-state index contributed by atoms with van der Waals surface area (Å²) in [6, 6.07) is 0. The number of rotatable bonds is 52. The number of esters is 3. The average Bonchev–Trinajstić information content (AvgIpc) is 3.28. The monoisotopic (exact) mass is 919 g/mol. The maximum Gasteiger partial charge on any atom is 0.306 e. The number of hydrogen-bond acceptors (Lipinski definition) is 6. The first-order valence-corrected chi connectivity index (χ1v) is 29.1. The van der Waals surface area contributed by atoms with Gasteiger partial charge < -0.3 is 14.2 Å². The van der Waals surface area contributed by atoms with Crippen molar-refractivity contribution in [3.05, 3.63) is 0 Å². The second-order valence-electron chi connectivity index (χ2n) is 21.5. The molecular weight excluding hydrogens is 805 g/mol. The summed E-state index contributed by atoms with van der Waals surface area (Å²) in [5.41, 5.74) is 0. The van der Waals surface area contributed by atoms with E-state index >= 15 is 0 Å². The molecule has 0 fully saturated rings. The molecule has 0 saturated heterocycles. The molecule has 0 aromatic heterocycles. The van der Waals surface area contributed by atoms with Crippen molar-refractivity contribution >= 4 is 17.9 Å². The van der Waals surface area contributed by atoms with Gasteiger partial charge in [0.25, 0.3) is 0 Å². The SMILES string of the molecule is CCC(C)CCCCCCCCCCCCCCCCC(=O)O[C@@H](COC(=O)CCCCCCCCCCCCCCC(C)C)COC(=O)CCCCCCCCCCCCCC(C)C. The van der Waals surface area contributed by atoms with E-state index in [9.17, 15) is 14.4 Å². The van der Waals surface area contributed by atoms with Crippen molar-refractivity contribution in [2.45, 2.75) is 330 Å². The summed E-state index contributed by atoms with van der Waals surface area (Å²) < 4.78 is 16.9. The van der Waals surface area contributed by atoms with Crippen LogP contribution in [0.1, 0.15) is 324 Å². The molecular formula is C59H114O6. The van der Waals surface area contributed by atoms with E-state index in [2.05, 4.69) is 41.5 Å². The van der Waals surface area contributed by atoms with Crippen LogP contribution in [0.15, 0.2) is 0 Å². The summed E-state index contributed by atoms with van der Waals surface area (Å²) in [5, 5.41) is 0. The Bertz CT molecular complexity index is 1010. The van der Waals surface area contributed by atoms with Gasteiger partial charge in [0, 0.05) is 19.3 Å². The van der Waals surface area contributed by atoms with Crippen LogP contribution in [0.25, 0.3) is 0 Å². The lowest BCUT2D eigenvalue weighted by atomic mass is 9.99. The second kappa shape index (κ2) is 50.3. The van der Waals surface area contributed by atoms with Gasteiger partial charge >= 0.3 is 17.9 Å². The molecule has 2 atom stereocenters. The van der Waals surface area contributed by atoms with Crippen LogP contribution in [0, 0.1) is 17.8 Å². The maximum absolute atomic E-state index is 12.9. The fourth-order valence-electron chi connectivity index (χ4n) is 8.97. The third kappa shape index (κ3) is 51.6. The highest BCUT2D eigenvalue weighted by Crippen LogP contribution is 2.19. The van der Waals surface area contributed by atoms with Gasteiger partial charge in [-0.25, -0.2) is 0 Å². The van der Waals surface area contributed by atoms with E-state index in [0.29, 0.717) is 19.3 Å². The molecule has 0 aliphatic carbocycles. The van der Waals surface area contributed by atoms with Crippen LogP contribution in [0.3, 0.4) is 0 Å². The Hall–Kier alpha value is -1.59. The van der Waals surface area contributed by atoms with Crippen LogP contribution in [0.4, 0.5) is 0 Å². The third-order valence-electron chi connectivity index (χ3n) is 13.8. The first-order valence-electron chi connectivity index (χ1n) is 29.1. The van der Waals surface area contributed by atoms with Crippen LogP contribution in [0.2, 0.25) is 0 Å². The van der Waals surface area contributed by atoms with E-state index in [-0.39, 0.29) is 31.1 Å². The highest BCUT2D eigenvalue weighted by molar-refractivity contribution is 5.71. The number of ether oxygens (including phenoxy) is 3. The lowest BCUT2D eigenvalue weighted by molar-refractivity contribution is -0.167.